The molecule has 0 spiro atoms. The van der Waals surface area contributed by atoms with Gasteiger partial charge in [-0.25, -0.2) is 0 Å². The van der Waals surface area contributed by atoms with Crippen molar-refractivity contribution in [1.29, 1.82) is 0 Å². The third kappa shape index (κ3) is 4.51. The van der Waals surface area contributed by atoms with Crippen LogP contribution in [0.4, 0.5) is 0 Å². The average molecular weight is 286 g/mol. The van der Waals surface area contributed by atoms with Crippen LogP contribution in [0.1, 0.15) is 12.0 Å². The summed E-state index contributed by atoms with van der Waals surface area (Å²) >= 11 is 0. The molecule has 0 aliphatic carbocycles. The van der Waals surface area contributed by atoms with Crippen molar-refractivity contribution in [3.8, 4) is 11.5 Å². The first-order chi connectivity index (χ1) is 10.2. The lowest BCUT2D eigenvalue weighted by atomic mass is 9.79. The molecule has 0 aliphatic rings. The Morgan fingerprint density at radius 1 is 1.05 bits per heavy atom. The van der Waals surface area contributed by atoms with Crippen molar-refractivity contribution in [1.82, 2.24) is 0 Å². The molecule has 0 aliphatic heterocycles. The molecule has 2 rings (SSSR count). The Hall–Kier alpha value is -1.98. The number of hydrogen-bond donors (Lipinski definition) is 2. The molecule has 21 heavy (non-hydrogen) atoms. The molecule has 0 bridgehead atoms. The quantitative estimate of drug-likeness (QED) is 0.596. The lowest BCUT2D eigenvalue weighted by molar-refractivity contribution is 0.310. The Morgan fingerprint density at radius 2 is 1.81 bits per heavy atom. The molecule has 0 saturated carbocycles. The predicted molar refractivity (Wildman–Crippen MR) is 83.1 cm³/mol. The maximum Gasteiger partial charge on any atom is 0.492 e. The van der Waals surface area contributed by atoms with E-state index in [2.05, 4.69) is 12.1 Å². The Bertz CT molecular complexity index is 557. The highest BCUT2D eigenvalue weighted by Gasteiger charge is 2.18. The maximum atomic E-state index is 9.38. The summed E-state index contributed by atoms with van der Waals surface area (Å²) in [5.74, 6) is 1.04. The molecule has 0 saturated heterocycles. The normalized spacial score (nSPS) is 10.2. The van der Waals surface area contributed by atoms with E-state index in [4.69, 9.17) is 9.47 Å². The predicted octanol–water partition coefficient (Wildman–Crippen LogP) is 1.39. The second-order valence-electron chi connectivity index (χ2n) is 4.72. The van der Waals surface area contributed by atoms with Gasteiger partial charge in [-0.15, -0.1) is 0 Å². The van der Waals surface area contributed by atoms with Crippen molar-refractivity contribution in [2.75, 3.05) is 13.7 Å². The highest BCUT2D eigenvalue weighted by Crippen LogP contribution is 2.16. The van der Waals surface area contributed by atoms with Crippen LogP contribution in [0.15, 0.2) is 48.5 Å². The zero-order valence-corrected chi connectivity index (χ0v) is 12.0. The number of hydrogen-bond acceptors (Lipinski definition) is 4. The highest BCUT2D eigenvalue weighted by molar-refractivity contribution is 6.59. The largest absolute Gasteiger partial charge is 0.497 e. The molecular formula is C16H19BO4. The number of rotatable bonds is 7. The highest BCUT2D eigenvalue weighted by atomic mass is 16.5. The lowest BCUT2D eigenvalue weighted by Gasteiger charge is -2.12. The third-order valence-electron chi connectivity index (χ3n) is 3.21. The van der Waals surface area contributed by atoms with E-state index in [1.165, 1.54) is 12.7 Å². The first-order valence-corrected chi connectivity index (χ1v) is 6.91. The molecular weight excluding hydrogens is 267 g/mol. The van der Waals surface area contributed by atoms with Gasteiger partial charge < -0.3 is 19.5 Å². The molecule has 5 heteroatoms. The summed E-state index contributed by atoms with van der Waals surface area (Å²) in [6.45, 7) is 0.515. The van der Waals surface area contributed by atoms with Gasteiger partial charge in [0.15, 0.2) is 0 Å². The van der Waals surface area contributed by atoms with Crippen LogP contribution < -0.4 is 14.9 Å². The lowest BCUT2D eigenvalue weighted by Crippen LogP contribution is -2.31. The van der Waals surface area contributed by atoms with E-state index in [1.54, 1.807) is 18.2 Å². The van der Waals surface area contributed by atoms with Crippen molar-refractivity contribution < 1.29 is 19.5 Å². The van der Waals surface area contributed by atoms with Crippen LogP contribution in [0.5, 0.6) is 11.5 Å². The number of ether oxygens (including phenoxy) is 2. The van der Waals surface area contributed by atoms with Crippen LogP contribution >= 0.6 is 0 Å². The summed E-state index contributed by atoms with van der Waals surface area (Å²) in [5.41, 5.74) is 1.58. The van der Waals surface area contributed by atoms with E-state index < -0.39 is 7.12 Å². The number of methoxy groups -OCH3 is 1. The van der Waals surface area contributed by atoms with Crippen LogP contribution in [0, 0.1) is 0 Å². The molecule has 4 nitrogen and oxygen atoms in total. The number of aryl methyl sites for hydroxylation is 1. The van der Waals surface area contributed by atoms with Crippen LogP contribution in [0.2, 0.25) is 0 Å². The van der Waals surface area contributed by atoms with Gasteiger partial charge in [0.25, 0.3) is 0 Å². The fourth-order valence-electron chi connectivity index (χ4n) is 2.09. The smallest absolute Gasteiger partial charge is 0.492 e. The van der Waals surface area contributed by atoms with Crippen LogP contribution in [-0.4, -0.2) is 30.9 Å². The standard InChI is InChI=1S/C16H19BO4/c1-20-14-9-10-16(15(12-14)17(18)19)21-11-5-8-13-6-3-2-4-7-13/h2-4,6-7,9-10,12,18-19H,5,8,11H2,1H3. The summed E-state index contributed by atoms with van der Waals surface area (Å²) in [6.07, 6.45) is 1.78. The van der Waals surface area contributed by atoms with E-state index in [9.17, 15) is 10.0 Å². The molecule has 0 heterocycles. The molecule has 110 valence electrons. The van der Waals surface area contributed by atoms with Crippen molar-refractivity contribution in [2.45, 2.75) is 12.8 Å². The van der Waals surface area contributed by atoms with Gasteiger partial charge in [-0.2, -0.15) is 0 Å². The molecule has 0 atom stereocenters. The van der Waals surface area contributed by atoms with Crippen LogP contribution in [0.3, 0.4) is 0 Å². The molecule has 0 radical (unpaired) electrons. The van der Waals surface area contributed by atoms with Crippen LogP contribution in [0.25, 0.3) is 0 Å². The minimum atomic E-state index is -1.58. The Kier molecular flexibility index (Phi) is 5.66. The molecule has 2 aromatic rings. The minimum absolute atomic E-state index is 0.314. The SMILES string of the molecule is COc1ccc(OCCCc2ccccc2)c(B(O)O)c1. The molecule has 0 fully saturated rings. The fraction of sp³-hybridized carbons (Fsp3) is 0.250. The van der Waals surface area contributed by atoms with Gasteiger partial charge in [-0.3, -0.25) is 0 Å². The van der Waals surface area contributed by atoms with Crippen molar-refractivity contribution in [3.05, 3.63) is 54.1 Å². The van der Waals surface area contributed by atoms with Gasteiger partial charge in [0.05, 0.1) is 13.7 Å². The fourth-order valence-corrected chi connectivity index (χ4v) is 2.09. The second-order valence-corrected chi connectivity index (χ2v) is 4.72. The van der Waals surface area contributed by atoms with Gasteiger partial charge in [0.2, 0.25) is 0 Å². The van der Waals surface area contributed by atoms with E-state index in [0.717, 1.165) is 12.8 Å². The molecule has 0 amide bonds. The molecule has 2 N–H and O–H groups in total. The van der Waals surface area contributed by atoms with Gasteiger partial charge in [0, 0.05) is 5.46 Å². The average Bonchev–Trinajstić information content (AvgIpc) is 2.52. The van der Waals surface area contributed by atoms with Crippen molar-refractivity contribution >= 4 is 12.6 Å². The van der Waals surface area contributed by atoms with E-state index in [-0.39, 0.29) is 0 Å². The first kappa shape index (κ1) is 15.4. The summed E-state index contributed by atoms with van der Waals surface area (Å²) in [5, 5.41) is 18.8. The van der Waals surface area contributed by atoms with Gasteiger partial charge in [0.1, 0.15) is 11.5 Å². The summed E-state index contributed by atoms with van der Waals surface area (Å²) in [4.78, 5) is 0. The minimum Gasteiger partial charge on any atom is -0.497 e. The van der Waals surface area contributed by atoms with E-state index in [1.807, 2.05) is 18.2 Å². The number of benzene rings is 2. The van der Waals surface area contributed by atoms with Crippen molar-refractivity contribution in [2.24, 2.45) is 0 Å². The summed E-state index contributed by atoms with van der Waals surface area (Å²) in [6, 6.07) is 15.2. The zero-order chi connectivity index (χ0) is 15.1. The Balaban J connectivity index is 1.90. The molecule has 0 unspecified atom stereocenters. The Labute approximate surface area is 125 Å². The third-order valence-corrected chi connectivity index (χ3v) is 3.21. The first-order valence-electron chi connectivity index (χ1n) is 6.91. The topological polar surface area (TPSA) is 58.9 Å². The van der Waals surface area contributed by atoms with Gasteiger partial charge >= 0.3 is 7.12 Å². The molecule has 0 aromatic heterocycles. The van der Waals surface area contributed by atoms with Crippen molar-refractivity contribution in [3.63, 3.8) is 0 Å². The Morgan fingerprint density at radius 3 is 2.48 bits per heavy atom. The summed E-state index contributed by atoms with van der Waals surface area (Å²) < 4.78 is 10.7. The van der Waals surface area contributed by atoms with Gasteiger partial charge in [-0.1, -0.05) is 30.3 Å². The zero-order valence-electron chi connectivity index (χ0n) is 12.0. The van der Waals surface area contributed by atoms with Gasteiger partial charge in [-0.05, 0) is 36.6 Å². The maximum absolute atomic E-state index is 9.38. The molecule has 2 aromatic carbocycles. The summed E-state index contributed by atoms with van der Waals surface area (Å²) in [7, 11) is -0.0484. The van der Waals surface area contributed by atoms with Crippen LogP contribution in [-0.2, 0) is 6.42 Å². The monoisotopic (exact) mass is 286 g/mol. The second kappa shape index (κ2) is 7.71. The van der Waals surface area contributed by atoms with E-state index in [0.29, 0.717) is 23.6 Å². The van der Waals surface area contributed by atoms with E-state index >= 15 is 0 Å².